The van der Waals surface area contributed by atoms with Gasteiger partial charge in [-0.2, -0.15) is 0 Å². The third kappa shape index (κ3) is 4.23. The maximum Gasteiger partial charge on any atom is 0.0700 e. The lowest BCUT2D eigenvalue weighted by Crippen LogP contribution is -2.34. The van der Waals surface area contributed by atoms with Crippen LogP contribution in [0.2, 0.25) is 0 Å². The monoisotopic (exact) mass is 324 g/mol. The molecule has 1 N–H and O–H groups in total. The second kappa shape index (κ2) is 7.93. The molecule has 0 bridgehead atoms. The Morgan fingerprint density at radius 3 is 2.50 bits per heavy atom. The van der Waals surface area contributed by atoms with E-state index in [1.54, 1.807) is 0 Å². The van der Waals surface area contributed by atoms with Crippen molar-refractivity contribution in [2.75, 3.05) is 20.7 Å². The van der Waals surface area contributed by atoms with E-state index < -0.39 is 0 Å². The van der Waals surface area contributed by atoms with Crippen molar-refractivity contribution in [3.63, 3.8) is 0 Å². The SMILES string of the molecule is CC1OCCC1NCc1ccccc1-c1ccc(CN(C)C)cc1. The van der Waals surface area contributed by atoms with Gasteiger partial charge in [0.2, 0.25) is 0 Å². The molecule has 0 aliphatic carbocycles. The molecule has 1 aliphatic rings. The maximum absolute atomic E-state index is 5.65. The maximum atomic E-state index is 5.65. The normalized spacial score (nSPS) is 20.7. The topological polar surface area (TPSA) is 24.5 Å². The van der Waals surface area contributed by atoms with E-state index in [1.807, 2.05) is 0 Å². The first-order chi connectivity index (χ1) is 11.6. The van der Waals surface area contributed by atoms with Gasteiger partial charge in [-0.3, -0.25) is 0 Å². The van der Waals surface area contributed by atoms with Gasteiger partial charge in [-0.25, -0.2) is 0 Å². The Labute approximate surface area is 145 Å². The van der Waals surface area contributed by atoms with Crippen molar-refractivity contribution < 1.29 is 4.74 Å². The minimum Gasteiger partial charge on any atom is -0.377 e. The number of hydrogen-bond donors (Lipinski definition) is 1. The van der Waals surface area contributed by atoms with Gasteiger partial charge < -0.3 is 15.0 Å². The molecule has 0 amide bonds. The Morgan fingerprint density at radius 2 is 1.83 bits per heavy atom. The lowest BCUT2D eigenvalue weighted by atomic mass is 9.98. The van der Waals surface area contributed by atoms with Crippen molar-refractivity contribution in [3.05, 3.63) is 59.7 Å². The summed E-state index contributed by atoms with van der Waals surface area (Å²) in [5.74, 6) is 0. The summed E-state index contributed by atoms with van der Waals surface area (Å²) in [7, 11) is 4.20. The fourth-order valence-electron chi connectivity index (χ4n) is 3.35. The molecule has 128 valence electrons. The molecule has 2 unspecified atom stereocenters. The van der Waals surface area contributed by atoms with Crippen molar-refractivity contribution in [1.29, 1.82) is 0 Å². The van der Waals surface area contributed by atoms with Gasteiger partial charge in [0.25, 0.3) is 0 Å². The Kier molecular flexibility index (Phi) is 5.67. The predicted molar refractivity (Wildman–Crippen MR) is 99.9 cm³/mol. The first-order valence-corrected chi connectivity index (χ1v) is 8.80. The first-order valence-electron chi connectivity index (χ1n) is 8.80. The van der Waals surface area contributed by atoms with Crippen LogP contribution in [0.4, 0.5) is 0 Å². The molecular weight excluding hydrogens is 296 g/mol. The molecule has 2 aromatic carbocycles. The van der Waals surface area contributed by atoms with Gasteiger partial charge in [-0.05, 0) is 49.7 Å². The van der Waals surface area contributed by atoms with Gasteiger partial charge >= 0.3 is 0 Å². The van der Waals surface area contributed by atoms with Crippen LogP contribution in [0.25, 0.3) is 11.1 Å². The molecule has 3 nitrogen and oxygen atoms in total. The molecule has 1 aliphatic heterocycles. The van der Waals surface area contributed by atoms with Crippen LogP contribution >= 0.6 is 0 Å². The van der Waals surface area contributed by atoms with Crippen LogP contribution in [0.15, 0.2) is 48.5 Å². The molecular formula is C21H28N2O. The fraction of sp³-hybridized carbons (Fsp3) is 0.429. The predicted octanol–water partition coefficient (Wildman–Crippen LogP) is 3.68. The summed E-state index contributed by atoms with van der Waals surface area (Å²) in [4.78, 5) is 2.19. The number of ether oxygens (including phenoxy) is 1. The molecule has 3 rings (SSSR count). The highest BCUT2D eigenvalue weighted by Crippen LogP contribution is 2.25. The van der Waals surface area contributed by atoms with Crippen molar-refractivity contribution >= 4 is 0 Å². The van der Waals surface area contributed by atoms with Crippen molar-refractivity contribution in [2.24, 2.45) is 0 Å². The van der Waals surface area contributed by atoms with Gasteiger partial charge in [-0.15, -0.1) is 0 Å². The fourth-order valence-corrected chi connectivity index (χ4v) is 3.35. The lowest BCUT2D eigenvalue weighted by Gasteiger charge is -2.18. The zero-order valence-electron chi connectivity index (χ0n) is 15.0. The molecule has 2 atom stereocenters. The van der Waals surface area contributed by atoms with Crippen molar-refractivity contribution in [1.82, 2.24) is 10.2 Å². The molecule has 0 saturated carbocycles. The van der Waals surface area contributed by atoms with E-state index in [4.69, 9.17) is 4.74 Å². The third-order valence-corrected chi connectivity index (χ3v) is 4.71. The summed E-state index contributed by atoms with van der Waals surface area (Å²) in [6, 6.07) is 18.1. The van der Waals surface area contributed by atoms with E-state index in [1.165, 1.54) is 22.3 Å². The van der Waals surface area contributed by atoms with Crippen LogP contribution in [0.5, 0.6) is 0 Å². The number of nitrogens with zero attached hydrogens (tertiary/aromatic N) is 1. The van der Waals surface area contributed by atoms with E-state index in [2.05, 4.69) is 79.8 Å². The number of nitrogens with one attached hydrogen (secondary N) is 1. The van der Waals surface area contributed by atoms with Gasteiger partial charge in [0, 0.05) is 25.7 Å². The highest BCUT2D eigenvalue weighted by molar-refractivity contribution is 5.67. The molecule has 3 heteroatoms. The second-order valence-electron chi connectivity index (χ2n) is 6.94. The first kappa shape index (κ1) is 17.2. The zero-order valence-corrected chi connectivity index (χ0v) is 15.0. The zero-order chi connectivity index (χ0) is 16.9. The Morgan fingerprint density at radius 1 is 1.08 bits per heavy atom. The van der Waals surface area contributed by atoms with Crippen LogP contribution in [0.1, 0.15) is 24.5 Å². The summed E-state index contributed by atoms with van der Waals surface area (Å²) >= 11 is 0. The van der Waals surface area contributed by atoms with Gasteiger partial charge in [0.1, 0.15) is 0 Å². The van der Waals surface area contributed by atoms with Crippen molar-refractivity contribution in [2.45, 2.75) is 38.6 Å². The van der Waals surface area contributed by atoms with Crippen LogP contribution < -0.4 is 5.32 Å². The highest BCUT2D eigenvalue weighted by atomic mass is 16.5. The molecule has 2 aromatic rings. The van der Waals surface area contributed by atoms with Gasteiger partial charge in [0.15, 0.2) is 0 Å². The molecule has 1 heterocycles. The largest absolute Gasteiger partial charge is 0.377 e. The lowest BCUT2D eigenvalue weighted by molar-refractivity contribution is 0.113. The minimum atomic E-state index is 0.308. The molecule has 24 heavy (non-hydrogen) atoms. The van der Waals surface area contributed by atoms with Gasteiger partial charge in [0.05, 0.1) is 6.10 Å². The second-order valence-corrected chi connectivity index (χ2v) is 6.94. The van der Waals surface area contributed by atoms with Crippen LogP contribution in [0, 0.1) is 0 Å². The van der Waals surface area contributed by atoms with E-state index in [0.29, 0.717) is 12.1 Å². The summed E-state index contributed by atoms with van der Waals surface area (Å²) < 4.78 is 5.65. The quantitative estimate of drug-likeness (QED) is 0.877. The van der Waals surface area contributed by atoms with Crippen LogP contribution in [0.3, 0.4) is 0 Å². The summed E-state index contributed by atoms with van der Waals surface area (Å²) in [5, 5.41) is 3.66. The Balaban J connectivity index is 1.73. The van der Waals surface area contributed by atoms with Crippen LogP contribution in [-0.2, 0) is 17.8 Å². The highest BCUT2D eigenvalue weighted by Gasteiger charge is 2.23. The molecule has 0 radical (unpaired) electrons. The Hall–Kier alpha value is -1.68. The van der Waals surface area contributed by atoms with Gasteiger partial charge in [-0.1, -0.05) is 48.5 Å². The average molecular weight is 324 g/mol. The summed E-state index contributed by atoms with van der Waals surface area (Å²) in [5.41, 5.74) is 5.28. The molecule has 0 spiro atoms. The smallest absolute Gasteiger partial charge is 0.0700 e. The minimum absolute atomic E-state index is 0.308. The van der Waals surface area contributed by atoms with Crippen LogP contribution in [-0.4, -0.2) is 37.7 Å². The number of hydrogen-bond acceptors (Lipinski definition) is 3. The summed E-state index contributed by atoms with van der Waals surface area (Å²) in [6.07, 6.45) is 1.41. The molecule has 1 fully saturated rings. The number of benzene rings is 2. The van der Waals surface area contributed by atoms with E-state index in [0.717, 1.165) is 26.1 Å². The third-order valence-electron chi connectivity index (χ3n) is 4.71. The van der Waals surface area contributed by atoms with E-state index in [-0.39, 0.29) is 0 Å². The summed E-state index contributed by atoms with van der Waals surface area (Å²) in [6.45, 7) is 4.88. The molecule has 0 aromatic heterocycles. The van der Waals surface area contributed by atoms with E-state index in [9.17, 15) is 0 Å². The number of rotatable bonds is 6. The van der Waals surface area contributed by atoms with Crippen molar-refractivity contribution in [3.8, 4) is 11.1 Å². The Bertz CT molecular complexity index is 651. The molecule has 1 saturated heterocycles. The average Bonchev–Trinajstić information content (AvgIpc) is 2.99. The van der Waals surface area contributed by atoms with E-state index >= 15 is 0 Å². The standard InChI is InChI=1S/C21H28N2O/c1-16-21(12-13-24-16)22-14-19-6-4-5-7-20(19)18-10-8-17(9-11-18)15-23(2)3/h4-11,16,21-22H,12-15H2,1-3H3.